The van der Waals surface area contributed by atoms with Crippen LogP contribution in [-0.4, -0.2) is 22.3 Å². The Hall–Kier alpha value is -1.69. The highest BCUT2D eigenvalue weighted by Gasteiger charge is 2.08. The fourth-order valence-electron chi connectivity index (χ4n) is 0.950. The number of carbonyl (C=O) groups excluding carboxylic acids is 1. The van der Waals surface area contributed by atoms with Gasteiger partial charge in [0.25, 0.3) is 11.5 Å². The number of carbonyl (C=O) groups is 1. The fourth-order valence-corrected chi connectivity index (χ4v) is 0.950. The topological polar surface area (TPSA) is 73.2 Å². The number of rotatable bonds is 4. The Morgan fingerprint density at radius 2 is 2.25 bits per heavy atom. The molecule has 0 saturated heterocycles. The van der Waals surface area contributed by atoms with Crippen LogP contribution in [0.4, 0.5) is 0 Å². The van der Waals surface area contributed by atoms with E-state index >= 15 is 0 Å². The zero-order chi connectivity index (χ0) is 12.1. The highest BCUT2D eigenvalue weighted by molar-refractivity contribution is 5.91. The molecule has 88 valence electrons. The van der Waals surface area contributed by atoms with E-state index in [-0.39, 0.29) is 11.3 Å². The van der Waals surface area contributed by atoms with E-state index in [0.717, 1.165) is 4.68 Å². The van der Waals surface area contributed by atoms with Crippen LogP contribution in [0.25, 0.3) is 0 Å². The van der Waals surface area contributed by atoms with Gasteiger partial charge in [-0.1, -0.05) is 13.8 Å². The van der Waals surface area contributed by atoms with E-state index < -0.39 is 5.91 Å². The standard InChI is InChI=1S/C10H15N3O3/c1-7(2)6-16-12-10(15)8-4-5-9(14)13(3)11-8/h4-5,7H,6H2,1-3H3,(H,12,15). The summed E-state index contributed by atoms with van der Waals surface area (Å²) < 4.78 is 1.09. The Morgan fingerprint density at radius 1 is 1.56 bits per heavy atom. The van der Waals surface area contributed by atoms with Crippen molar-refractivity contribution in [2.75, 3.05) is 6.61 Å². The Kier molecular flexibility index (Phi) is 4.19. The van der Waals surface area contributed by atoms with Crippen molar-refractivity contribution in [2.45, 2.75) is 13.8 Å². The molecular weight excluding hydrogens is 210 g/mol. The molecule has 0 atom stereocenters. The summed E-state index contributed by atoms with van der Waals surface area (Å²) in [6, 6.07) is 2.64. The monoisotopic (exact) mass is 225 g/mol. The molecular formula is C10H15N3O3. The summed E-state index contributed by atoms with van der Waals surface area (Å²) in [5.41, 5.74) is 2.14. The van der Waals surface area contributed by atoms with E-state index in [0.29, 0.717) is 12.5 Å². The molecule has 0 aliphatic heterocycles. The van der Waals surface area contributed by atoms with Crippen molar-refractivity contribution in [1.82, 2.24) is 15.3 Å². The van der Waals surface area contributed by atoms with Gasteiger partial charge in [0.2, 0.25) is 0 Å². The van der Waals surface area contributed by atoms with Gasteiger partial charge in [-0.25, -0.2) is 10.2 Å². The maximum atomic E-state index is 11.5. The van der Waals surface area contributed by atoms with Gasteiger partial charge in [-0.05, 0) is 12.0 Å². The molecule has 0 saturated carbocycles. The first-order valence-corrected chi connectivity index (χ1v) is 4.97. The average Bonchev–Trinajstić information content (AvgIpc) is 2.21. The Labute approximate surface area is 93.2 Å². The van der Waals surface area contributed by atoms with Gasteiger partial charge in [0.05, 0.1) is 6.61 Å². The van der Waals surface area contributed by atoms with Crippen LogP contribution in [0.2, 0.25) is 0 Å². The third kappa shape index (κ3) is 3.47. The summed E-state index contributed by atoms with van der Waals surface area (Å²) in [6.45, 7) is 4.37. The van der Waals surface area contributed by atoms with Crippen molar-refractivity contribution in [3.8, 4) is 0 Å². The van der Waals surface area contributed by atoms with E-state index in [2.05, 4.69) is 10.6 Å². The molecule has 1 rings (SSSR count). The van der Waals surface area contributed by atoms with Crippen LogP contribution in [0, 0.1) is 5.92 Å². The molecule has 16 heavy (non-hydrogen) atoms. The van der Waals surface area contributed by atoms with Crippen LogP contribution in [0.3, 0.4) is 0 Å². The van der Waals surface area contributed by atoms with Crippen LogP contribution in [0.5, 0.6) is 0 Å². The maximum Gasteiger partial charge on any atom is 0.295 e. The van der Waals surface area contributed by atoms with Crippen LogP contribution in [0.15, 0.2) is 16.9 Å². The minimum Gasteiger partial charge on any atom is -0.273 e. The van der Waals surface area contributed by atoms with Crippen molar-refractivity contribution >= 4 is 5.91 Å². The van der Waals surface area contributed by atoms with Crippen LogP contribution in [0.1, 0.15) is 24.3 Å². The normalized spacial score (nSPS) is 10.5. The van der Waals surface area contributed by atoms with Gasteiger partial charge in [-0.2, -0.15) is 5.10 Å². The Balaban J connectivity index is 2.60. The summed E-state index contributed by atoms with van der Waals surface area (Å²) in [5.74, 6) is -0.135. The molecule has 6 nitrogen and oxygen atoms in total. The van der Waals surface area contributed by atoms with Crippen LogP contribution in [-0.2, 0) is 11.9 Å². The molecule has 1 amide bonds. The number of hydrogen-bond donors (Lipinski definition) is 1. The van der Waals surface area contributed by atoms with Crippen molar-refractivity contribution in [1.29, 1.82) is 0 Å². The number of hydroxylamine groups is 1. The van der Waals surface area contributed by atoms with Crippen LogP contribution < -0.4 is 11.0 Å². The second-order valence-electron chi connectivity index (χ2n) is 3.82. The summed E-state index contributed by atoms with van der Waals surface area (Å²) in [4.78, 5) is 27.5. The highest BCUT2D eigenvalue weighted by Crippen LogP contribution is 1.93. The van der Waals surface area contributed by atoms with Gasteiger partial charge < -0.3 is 0 Å². The third-order valence-corrected chi connectivity index (χ3v) is 1.77. The zero-order valence-electron chi connectivity index (χ0n) is 9.56. The number of hydrogen-bond acceptors (Lipinski definition) is 4. The minimum atomic E-state index is -0.462. The van der Waals surface area contributed by atoms with Crippen LogP contribution >= 0.6 is 0 Å². The van der Waals surface area contributed by atoms with Gasteiger partial charge in [0, 0.05) is 13.1 Å². The lowest BCUT2D eigenvalue weighted by Crippen LogP contribution is -2.29. The lowest BCUT2D eigenvalue weighted by atomic mass is 10.2. The number of nitrogens with one attached hydrogen (secondary N) is 1. The van der Waals surface area contributed by atoms with Crippen molar-refractivity contribution in [3.05, 3.63) is 28.2 Å². The Bertz CT molecular complexity index is 426. The molecule has 0 fully saturated rings. The van der Waals surface area contributed by atoms with E-state index in [9.17, 15) is 9.59 Å². The SMILES string of the molecule is CC(C)CONC(=O)c1ccc(=O)n(C)n1. The number of aryl methyl sites for hydroxylation is 1. The van der Waals surface area contributed by atoms with Gasteiger partial charge in [0.1, 0.15) is 0 Å². The first-order chi connectivity index (χ1) is 7.50. The first-order valence-electron chi connectivity index (χ1n) is 4.97. The average molecular weight is 225 g/mol. The lowest BCUT2D eigenvalue weighted by Gasteiger charge is -2.07. The summed E-state index contributed by atoms with van der Waals surface area (Å²) in [5, 5.41) is 3.78. The molecule has 0 unspecified atom stereocenters. The molecule has 0 aromatic carbocycles. The lowest BCUT2D eigenvalue weighted by molar-refractivity contribution is 0.0203. The largest absolute Gasteiger partial charge is 0.295 e. The summed E-state index contributed by atoms with van der Waals surface area (Å²) in [6.07, 6.45) is 0. The minimum absolute atomic E-state index is 0.144. The molecule has 0 radical (unpaired) electrons. The van der Waals surface area contributed by atoms with Crippen molar-refractivity contribution < 1.29 is 9.63 Å². The molecule has 0 aliphatic rings. The molecule has 1 heterocycles. The second-order valence-corrected chi connectivity index (χ2v) is 3.82. The molecule has 0 spiro atoms. The van der Waals surface area contributed by atoms with Gasteiger partial charge in [0.15, 0.2) is 5.69 Å². The van der Waals surface area contributed by atoms with E-state index in [1.54, 1.807) is 0 Å². The van der Waals surface area contributed by atoms with Gasteiger partial charge in [-0.15, -0.1) is 0 Å². The molecule has 1 aromatic heterocycles. The molecule has 1 N–H and O–H groups in total. The number of amides is 1. The van der Waals surface area contributed by atoms with Crippen molar-refractivity contribution in [3.63, 3.8) is 0 Å². The van der Waals surface area contributed by atoms with E-state index in [4.69, 9.17) is 4.84 Å². The quantitative estimate of drug-likeness (QED) is 0.737. The first kappa shape index (κ1) is 12.4. The summed E-state index contributed by atoms with van der Waals surface area (Å²) >= 11 is 0. The summed E-state index contributed by atoms with van der Waals surface area (Å²) in [7, 11) is 1.48. The zero-order valence-corrected chi connectivity index (χ0v) is 9.56. The van der Waals surface area contributed by atoms with Gasteiger partial charge in [-0.3, -0.25) is 14.4 Å². The van der Waals surface area contributed by atoms with Crippen molar-refractivity contribution in [2.24, 2.45) is 13.0 Å². The maximum absolute atomic E-state index is 11.5. The van der Waals surface area contributed by atoms with E-state index in [1.807, 2.05) is 13.8 Å². The third-order valence-electron chi connectivity index (χ3n) is 1.77. The fraction of sp³-hybridized carbons (Fsp3) is 0.500. The predicted molar refractivity (Wildman–Crippen MR) is 57.7 cm³/mol. The second kappa shape index (κ2) is 5.41. The molecule has 6 heteroatoms. The molecule has 0 aliphatic carbocycles. The smallest absolute Gasteiger partial charge is 0.273 e. The predicted octanol–water partition coefficient (Wildman–Crippen LogP) is 0.0977. The highest BCUT2D eigenvalue weighted by atomic mass is 16.6. The molecule has 0 bridgehead atoms. The number of nitrogens with zero attached hydrogens (tertiary/aromatic N) is 2. The number of aromatic nitrogens is 2. The molecule has 1 aromatic rings. The Morgan fingerprint density at radius 3 is 2.81 bits per heavy atom. The van der Waals surface area contributed by atoms with E-state index in [1.165, 1.54) is 19.2 Å². The van der Waals surface area contributed by atoms with Gasteiger partial charge >= 0.3 is 0 Å².